The highest BCUT2D eigenvalue weighted by atomic mass is 19.3. The first kappa shape index (κ1) is 16.6. The molecular weight excluding hydrogens is 343 g/mol. The minimum absolute atomic E-state index is 0.0242. The van der Waals surface area contributed by atoms with Crippen molar-refractivity contribution in [3.63, 3.8) is 0 Å². The fourth-order valence-corrected chi connectivity index (χ4v) is 3.23. The fourth-order valence-electron chi connectivity index (χ4n) is 3.23. The van der Waals surface area contributed by atoms with Crippen LogP contribution in [0.2, 0.25) is 0 Å². The molecule has 2 aromatic carbocycles. The average molecular weight is 359 g/mol. The molecular formula is C19H16F3N3O. The number of hydrogen-bond acceptors (Lipinski definition) is 4. The van der Waals surface area contributed by atoms with Gasteiger partial charge in [-0.15, -0.1) is 0 Å². The Hall–Kier alpha value is -2.83. The van der Waals surface area contributed by atoms with Gasteiger partial charge in [0.1, 0.15) is 17.4 Å². The number of nitrogens with zero attached hydrogens (tertiary/aromatic N) is 3. The van der Waals surface area contributed by atoms with Gasteiger partial charge in [0, 0.05) is 18.4 Å². The normalized spacial score (nSPS) is 16.4. The summed E-state index contributed by atoms with van der Waals surface area (Å²) in [6.07, 6.45) is -0.259. The number of alkyl halides is 2. The third kappa shape index (κ3) is 2.83. The fraction of sp³-hybridized carbons (Fsp3) is 0.263. The molecule has 1 aromatic heterocycles. The van der Waals surface area contributed by atoms with Crippen molar-refractivity contribution in [1.82, 2.24) is 9.97 Å². The SMILES string of the molecule is Cc1ccc2c(N3CCC(F)(F)C3)nc(-c3c(O)cccc3F)nc2c1. The van der Waals surface area contributed by atoms with Crippen molar-refractivity contribution >= 4 is 16.7 Å². The summed E-state index contributed by atoms with van der Waals surface area (Å²) in [5.41, 5.74) is 1.31. The molecule has 1 fully saturated rings. The largest absolute Gasteiger partial charge is 0.507 e. The van der Waals surface area contributed by atoms with Gasteiger partial charge in [0.2, 0.25) is 0 Å². The van der Waals surface area contributed by atoms with E-state index in [-0.39, 0.29) is 30.1 Å². The van der Waals surface area contributed by atoms with Crippen molar-refractivity contribution in [3.05, 3.63) is 47.8 Å². The summed E-state index contributed by atoms with van der Waals surface area (Å²) in [5, 5.41) is 10.7. The standard InChI is InChI=1S/C19H16F3N3O/c1-11-5-6-12-14(9-11)23-17(16-13(20)3-2-4-15(16)26)24-18(12)25-8-7-19(21,22)10-25/h2-6,9,26H,7-8,10H2,1H3. The van der Waals surface area contributed by atoms with Gasteiger partial charge in [-0.3, -0.25) is 0 Å². The van der Waals surface area contributed by atoms with E-state index in [9.17, 15) is 18.3 Å². The lowest BCUT2D eigenvalue weighted by Gasteiger charge is -2.20. The van der Waals surface area contributed by atoms with Crippen molar-refractivity contribution in [3.8, 4) is 17.1 Å². The monoisotopic (exact) mass is 359 g/mol. The molecule has 0 radical (unpaired) electrons. The second-order valence-corrected chi connectivity index (χ2v) is 6.55. The Kier molecular flexibility index (Phi) is 3.75. The van der Waals surface area contributed by atoms with Gasteiger partial charge in [-0.1, -0.05) is 12.1 Å². The van der Waals surface area contributed by atoms with Gasteiger partial charge in [-0.05, 0) is 36.8 Å². The third-order valence-corrected chi connectivity index (χ3v) is 4.52. The zero-order chi connectivity index (χ0) is 18.5. The van der Waals surface area contributed by atoms with Crippen LogP contribution in [0.3, 0.4) is 0 Å². The number of aromatic nitrogens is 2. The van der Waals surface area contributed by atoms with Crippen molar-refractivity contribution in [2.24, 2.45) is 0 Å². The van der Waals surface area contributed by atoms with Gasteiger partial charge in [0.05, 0.1) is 17.6 Å². The van der Waals surface area contributed by atoms with E-state index >= 15 is 0 Å². The second-order valence-electron chi connectivity index (χ2n) is 6.55. The minimum atomic E-state index is -2.79. The molecule has 2 heterocycles. The summed E-state index contributed by atoms with van der Waals surface area (Å²) in [6.45, 7) is 1.58. The molecule has 1 aliphatic heterocycles. The summed E-state index contributed by atoms with van der Waals surface area (Å²) in [7, 11) is 0. The number of fused-ring (bicyclic) bond motifs is 1. The number of rotatable bonds is 2. The number of phenols is 1. The lowest BCUT2D eigenvalue weighted by atomic mass is 10.1. The maximum absolute atomic E-state index is 14.3. The van der Waals surface area contributed by atoms with E-state index in [2.05, 4.69) is 9.97 Å². The van der Waals surface area contributed by atoms with E-state index < -0.39 is 18.3 Å². The smallest absolute Gasteiger partial charge is 0.266 e. The van der Waals surface area contributed by atoms with Crippen LogP contribution in [-0.4, -0.2) is 34.1 Å². The average Bonchev–Trinajstić information content (AvgIpc) is 2.93. The first-order valence-electron chi connectivity index (χ1n) is 8.23. The van der Waals surface area contributed by atoms with Gasteiger partial charge < -0.3 is 10.0 Å². The zero-order valence-electron chi connectivity index (χ0n) is 14.0. The predicted octanol–water partition coefficient (Wildman–Crippen LogP) is 4.30. The van der Waals surface area contributed by atoms with Crippen molar-refractivity contribution < 1.29 is 18.3 Å². The summed E-state index contributed by atoms with van der Waals surface area (Å²) in [5.74, 6) is -3.46. The highest BCUT2D eigenvalue weighted by Gasteiger charge is 2.39. The number of halogens is 3. The number of aryl methyl sites for hydroxylation is 1. The van der Waals surface area contributed by atoms with Crippen molar-refractivity contribution in [2.75, 3.05) is 18.0 Å². The molecule has 0 bridgehead atoms. The van der Waals surface area contributed by atoms with Gasteiger partial charge >= 0.3 is 0 Å². The van der Waals surface area contributed by atoms with Crippen LogP contribution >= 0.6 is 0 Å². The summed E-state index contributed by atoms with van der Waals surface area (Å²) in [6, 6.07) is 9.33. The molecule has 0 saturated carbocycles. The van der Waals surface area contributed by atoms with Crippen LogP contribution in [0.25, 0.3) is 22.3 Å². The Balaban J connectivity index is 1.96. The molecule has 4 rings (SSSR count). The van der Waals surface area contributed by atoms with E-state index in [1.807, 2.05) is 13.0 Å². The van der Waals surface area contributed by atoms with Crippen molar-refractivity contribution in [2.45, 2.75) is 19.3 Å². The minimum Gasteiger partial charge on any atom is -0.507 e. The van der Waals surface area contributed by atoms with Gasteiger partial charge in [0.15, 0.2) is 5.82 Å². The number of hydrogen-bond donors (Lipinski definition) is 1. The molecule has 1 N–H and O–H groups in total. The maximum atomic E-state index is 14.3. The van der Waals surface area contributed by atoms with Crippen LogP contribution in [0.4, 0.5) is 19.0 Å². The Morgan fingerprint density at radius 1 is 1.15 bits per heavy atom. The summed E-state index contributed by atoms with van der Waals surface area (Å²) in [4.78, 5) is 10.2. The van der Waals surface area contributed by atoms with E-state index in [0.717, 1.165) is 5.56 Å². The first-order valence-corrected chi connectivity index (χ1v) is 8.23. The second kappa shape index (κ2) is 5.86. The van der Waals surface area contributed by atoms with Crippen LogP contribution in [0.15, 0.2) is 36.4 Å². The van der Waals surface area contributed by atoms with Crippen LogP contribution in [0.5, 0.6) is 5.75 Å². The molecule has 7 heteroatoms. The van der Waals surface area contributed by atoms with E-state index in [1.54, 1.807) is 12.1 Å². The van der Waals surface area contributed by atoms with Crippen molar-refractivity contribution in [1.29, 1.82) is 0 Å². The van der Waals surface area contributed by atoms with Crippen LogP contribution in [-0.2, 0) is 0 Å². The molecule has 134 valence electrons. The molecule has 3 aromatic rings. The maximum Gasteiger partial charge on any atom is 0.266 e. The van der Waals surface area contributed by atoms with E-state index in [1.165, 1.54) is 23.1 Å². The summed E-state index contributed by atoms with van der Waals surface area (Å²) >= 11 is 0. The molecule has 0 aliphatic carbocycles. The highest BCUT2D eigenvalue weighted by molar-refractivity contribution is 5.92. The number of aromatic hydroxyl groups is 1. The topological polar surface area (TPSA) is 49.2 Å². The Morgan fingerprint density at radius 3 is 2.65 bits per heavy atom. The van der Waals surface area contributed by atoms with Crippen LogP contribution in [0.1, 0.15) is 12.0 Å². The zero-order valence-corrected chi connectivity index (χ0v) is 14.0. The highest BCUT2D eigenvalue weighted by Crippen LogP contribution is 2.37. The molecule has 4 nitrogen and oxygen atoms in total. The van der Waals surface area contributed by atoms with E-state index in [4.69, 9.17) is 0 Å². The molecule has 0 spiro atoms. The van der Waals surface area contributed by atoms with Crippen LogP contribution < -0.4 is 4.90 Å². The number of anilines is 1. The molecule has 1 saturated heterocycles. The lowest BCUT2D eigenvalue weighted by Crippen LogP contribution is -2.26. The number of phenolic OH excluding ortho intramolecular Hbond substituents is 1. The quantitative estimate of drug-likeness (QED) is 0.741. The molecule has 26 heavy (non-hydrogen) atoms. The van der Waals surface area contributed by atoms with Gasteiger partial charge in [0.25, 0.3) is 5.92 Å². The predicted molar refractivity (Wildman–Crippen MR) is 93.1 cm³/mol. The lowest BCUT2D eigenvalue weighted by molar-refractivity contribution is 0.0257. The molecule has 0 atom stereocenters. The molecule has 0 amide bonds. The Bertz CT molecular complexity index is 986. The Labute approximate surface area is 147 Å². The molecule has 0 unspecified atom stereocenters. The number of benzene rings is 2. The van der Waals surface area contributed by atoms with Gasteiger partial charge in [-0.2, -0.15) is 0 Å². The van der Waals surface area contributed by atoms with Crippen LogP contribution in [0, 0.1) is 12.7 Å². The summed E-state index contributed by atoms with van der Waals surface area (Å²) < 4.78 is 41.7. The third-order valence-electron chi connectivity index (χ3n) is 4.52. The van der Waals surface area contributed by atoms with E-state index in [0.29, 0.717) is 16.7 Å². The Morgan fingerprint density at radius 2 is 1.96 bits per heavy atom. The molecule has 1 aliphatic rings. The first-order chi connectivity index (χ1) is 12.3. The van der Waals surface area contributed by atoms with Gasteiger partial charge in [-0.25, -0.2) is 23.1 Å².